The summed E-state index contributed by atoms with van der Waals surface area (Å²) in [5.74, 6) is 2.97. The van der Waals surface area contributed by atoms with Crippen molar-refractivity contribution >= 4 is 17.5 Å². The van der Waals surface area contributed by atoms with Crippen LogP contribution in [-0.2, 0) is 6.42 Å². The van der Waals surface area contributed by atoms with Gasteiger partial charge in [0.05, 0.1) is 14.2 Å². The number of methoxy groups -OCH3 is 2. The SMILES string of the molecule is COc1ccc(CCNc2nccc(Nc3cccc(OC)c3)n2)cc1. The molecule has 0 amide bonds. The van der Waals surface area contributed by atoms with Crippen LogP contribution in [-0.4, -0.2) is 30.7 Å². The molecule has 1 heterocycles. The van der Waals surface area contributed by atoms with Crippen LogP contribution in [0.2, 0.25) is 0 Å². The van der Waals surface area contributed by atoms with Gasteiger partial charge in [-0.3, -0.25) is 0 Å². The number of nitrogens with zero attached hydrogens (tertiary/aromatic N) is 2. The highest BCUT2D eigenvalue weighted by molar-refractivity contribution is 5.58. The van der Waals surface area contributed by atoms with E-state index in [0.717, 1.165) is 36.0 Å². The zero-order chi connectivity index (χ0) is 18.2. The minimum Gasteiger partial charge on any atom is -0.497 e. The quantitative estimate of drug-likeness (QED) is 0.642. The van der Waals surface area contributed by atoms with E-state index in [1.54, 1.807) is 20.4 Å². The molecule has 0 saturated heterocycles. The molecule has 26 heavy (non-hydrogen) atoms. The third kappa shape index (κ3) is 4.86. The summed E-state index contributed by atoms with van der Waals surface area (Å²) < 4.78 is 10.4. The van der Waals surface area contributed by atoms with Crippen LogP contribution in [0.25, 0.3) is 0 Å². The fraction of sp³-hybridized carbons (Fsp3) is 0.200. The lowest BCUT2D eigenvalue weighted by molar-refractivity contribution is 0.414. The molecule has 0 bridgehead atoms. The molecule has 3 rings (SSSR count). The third-order valence-electron chi connectivity index (χ3n) is 3.85. The lowest BCUT2D eigenvalue weighted by atomic mass is 10.1. The Kier molecular flexibility index (Phi) is 5.88. The number of benzene rings is 2. The first kappa shape index (κ1) is 17.5. The van der Waals surface area contributed by atoms with Crippen LogP contribution in [0.3, 0.4) is 0 Å². The Balaban J connectivity index is 1.56. The van der Waals surface area contributed by atoms with Crippen LogP contribution < -0.4 is 20.1 Å². The Bertz CT molecular complexity index is 837. The van der Waals surface area contributed by atoms with Gasteiger partial charge in [0.15, 0.2) is 0 Å². The molecule has 0 atom stereocenters. The lowest BCUT2D eigenvalue weighted by Gasteiger charge is -2.09. The molecule has 0 aliphatic rings. The Morgan fingerprint density at radius 1 is 0.923 bits per heavy atom. The zero-order valence-corrected chi connectivity index (χ0v) is 14.9. The average molecular weight is 350 g/mol. The topological polar surface area (TPSA) is 68.3 Å². The summed E-state index contributed by atoms with van der Waals surface area (Å²) in [7, 11) is 3.31. The van der Waals surface area contributed by atoms with Gasteiger partial charge in [0.25, 0.3) is 0 Å². The Morgan fingerprint density at radius 3 is 2.50 bits per heavy atom. The predicted octanol–water partition coefficient (Wildman–Crippen LogP) is 3.89. The van der Waals surface area contributed by atoms with Gasteiger partial charge in [-0.05, 0) is 42.3 Å². The number of rotatable bonds is 8. The Hall–Kier alpha value is -3.28. The zero-order valence-electron chi connectivity index (χ0n) is 14.9. The number of hydrogen-bond acceptors (Lipinski definition) is 6. The van der Waals surface area contributed by atoms with Gasteiger partial charge in [-0.25, -0.2) is 4.98 Å². The molecule has 0 fully saturated rings. The monoisotopic (exact) mass is 350 g/mol. The third-order valence-corrected chi connectivity index (χ3v) is 3.85. The van der Waals surface area contributed by atoms with Gasteiger partial charge in [0.2, 0.25) is 5.95 Å². The largest absolute Gasteiger partial charge is 0.497 e. The molecular weight excluding hydrogens is 328 g/mol. The molecule has 6 heteroatoms. The second-order valence-corrected chi connectivity index (χ2v) is 5.65. The number of anilines is 3. The number of nitrogens with one attached hydrogen (secondary N) is 2. The first-order chi connectivity index (χ1) is 12.8. The van der Waals surface area contributed by atoms with Crippen molar-refractivity contribution in [3.8, 4) is 11.5 Å². The van der Waals surface area contributed by atoms with Crippen LogP contribution in [0.4, 0.5) is 17.5 Å². The maximum Gasteiger partial charge on any atom is 0.224 e. The van der Waals surface area contributed by atoms with E-state index in [9.17, 15) is 0 Å². The summed E-state index contributed by atoms with van der Waals surface area (Å²) in [4.78, 5) is 8.75. The molecule has 2 aromatic carbocycles. The van der Waals surface area contributed by atoms with Gasteiger partial charge in [-0.2, -0.15) is 4.98 Å². The second-order valence-electron chi connectivity index (χ2n) is 5.65. The highest BCUT2D eigenvalue weighted by Crippen LogP contribution is 2.20. The van der Waals surface area contributed by atoms with Crippen LogP contribution in [0.5, 0.6) is 11.5 Å². The van der Waals surface area contributed by atoms with Crippen molar-refractivity contribution in [1.82, 2.24) is 9.97 Å². The van der Waals surface area contributed by atoms with Crippen molar-refractivity contribution in [3.63, 3.8) is 0 Å². The molecule has 0 spiro atoms. The van der Waals surface area contributed by atoms with Gasteiger partial charge >= 0.3 is 0 Å². The molecular formula is C20H22N4O2. The summed E-state index contributed by atoms with van der Waals surface area (Å²) in [6.45, 7) is 0.745. The minimum atomic E-state index is 0.589. The van der Waals surface area contributed by atoms with E-state index in [2.05, 4.69) is 32.7 Å². The van der Waals surface area contributed by atoms with E-state index in [4.69, 9.17) is 9.47 Å². The molecule has 0 saturated carbocycles. The van der Waals surface area contributed by atoms with Crippen molar-refractivity contribution in [2.75, 3.05) is 31.4 Å². The Morgan fingerprint density at radius 2 is 1.73 bits per heavy atom. The first-order valence-electron chi connectivity index (χ1n) is 8.38. The standard InChI is InChI=1S/C20H22N4O2/c1-25-17-8-6-15(7-9-17)10-12-21-20-22-13-11-19(24-20)23-16-4-3-5-18(14-16)26-2/h3-9,11,13-14H,10,12H2,1-2H3,(H2,21,22,23,24). The summed E-state index contributed by atoms with van der Waals surface area (Å²) in [5.41, 5.74) is 2.14. The van der Waals surface area contributed by atoms with Gasteiger partial charge in [0.1, 0.15) is 17.3 Å². The molecule has 0 aliphatic heterocycles. The van der Waals surface area contributed by atoms with Crippen molar-refractivity contribution in [1.29, 1.82) is 0 Å². The number of ether oxygens (including phenoxy) is 2. The predicted molar refractivity (Wildman–Crippen MR) is 103 cm³/mol. The fourth-order valence-corrected chi connectivity index (χ4v) is 2.47. The summed E-state index contributed by atoms with van der Waals surface area (Å²) >= 11 is 0. The highest BCUT2D eigenvalue weighted by atomic mass is 16.5. The van der Waals surface area contributed by atoms with Crippen molar-refractivity contribution in [3.05, 3.63) is 66.4 Å². The molecule has 1 aromatic heterocycles. The van der Waals surface area contributed by atoms with Crippen molar-refractivity contribution in [2.24, 2.45) is 0 Å². The van der Waals surface area contributed by atoms with Crippen LogP contribution in [0, 0.1) is 0 Å². The fourth-order valence-electron chi connectivity index (χ4n) is 2.47. The maximum atomic E-state index is 5.23. The van der Waals surface area contributed by atoms with E-state index >= 15 is 0 Å². The summed E-state index contributed by atoms with van der Waals surface area (Å²) in [6.07, 6.45) is 2.60. The van der Waals surface area contributed by atoms with Crippen LogP contribution in [0.15, 0.2) is 60.8 Å². The maximum absolute atomic E-state index is 5.23. The van der Waals surface area contributed by atoms with Crippen molar-refractivity contribution in [2.45, 2.75) is 6.42 Å². The molecule has 0 aliphatic carbocycles. The van der Waals surface area contributed by atoms with E-state index in [1.165, 1.54) is 5.56 Å². The second kappa shape index (κ2) is 8.71. The van der Waals surface area contributed by atoms with Crippen LogP contribution in [0.1, 0.15) is 5.56 Å². The lowest BCUT2D eigenvalue weighted by Crippen LogP contribution is -2.08. The molecule has 0 radical (unpaired) electrons. The highest BCUT2D eigenvalue weighted by Gasteiger charge is 2.02. The smallest absolute Gasteiger partial charge is 0.224 e. The van der Waals surface area contributed by atoms with Gasteiger partial charge < -0.3 is 20.1 Å². The van der Waals surface area contributed by atoms with Crippen molar-refractivity contribution < 1.29 is 9.47 Å². The van der Waals surface area contributed by atoms with Gasteiger partial charge in [0, 0.05) is 24.5 Å². The normalized spacial score (nSPS) is 10.2. The minimum absolute atomic E-state index is 0.589. The first-order valence-corrected chi connectivity index (χ1v) is 8.38. The number of hydrogen-bond donors (Lipinski definition) is 2. The Labute approximate surface area is 153 Å². The molecule has 2 N–H and O–H groups in total. The van der Waals surface area contributed by atoms with Gasteiger partial charge in [-0.1, -0.05) is 18.2 Å². The summed E-state index contributed by atoms with van der Waals surface area (Å²) in [6, 6.07) is 17.6. The average Bonchev–Trinajstić information content (AvgIpc) is 2.69. The van der Waals surface area contributed by atoms with E-state index in [1.807, 2.05) is 42.5 Å². The van der Waals surface area contributed by atoms with Gasteiger partial charge in [-0.15, -0.1) is 0 Å². The number of aromatic nitrogens is 2. The molecule has 0 unspecified atom stereocenters. The molecule has 3 aromatic rings. The van der Waals surface area contributed by atoms with E-state index in [0.29, 0.717) is 5.95 Å². The molecule has 6 nitrogen and oxygen atoms in total. The summed E-state index contributed by atoms with van der Waals surface area (Å²) in [5, 5.41) is 6.51. The van der Waals surface area contributed by atoms with E-state index in [-0.39, 0.29) is 0 Å². The van der Waals surface area contributed by atoms with E-state index < -0.39 is 0 Å². The molecule has 134 valence electrons. The van der Waals surface area contributed by atoms with Crippen LogP contribution >= 0.6 is 0 Å².